The number of fused-ring (bicyclic) bond motifs is 1. The highest BCUT2D eigenvalue weighted by atomic mass is 16.4. The Morgan fingerprint density at radius 1 is 1.45 bits per heavy atom. The maximum absolute atomic E-state index is 11.8. The SMILES string of the molecule is Cc1cc(C(=O)O)ccc1N1CCCC2C(=O)NCC21. The quantitative estimate of drug-likeness (QED) is 0.855. The molecule has 2 heterocycles. The van der Waals surface area contributed by atoms with Crippen LogP contribution in [0.15, 0.2) is 18.2 Å². The first kappa shape index (κ1) is 13.0. The van der Waals surface area contributed by atoms with Crippen molar-refractivity contribution in [1.82, 2.24) is 5.32 Å². The highest BCUT2D eigenvalue weighted by Crippen LogP contribution is 2.33. The van der Waals surface area contributed by atoms with Gasteiger partial charge in [0.25, 0.3) is 0 Å². The predicted octanol–water partition coefficient (Wildman–Crippen LogP) is 1.41. The number of piperidine rings is 1. The average Bonchev–Trinajstić information content (AvgIpc) is 2.81. The number of carbonyl (C=O) groups is 2. The molecule has 2 aliphatic rings. The summed E-state index contributed by atoms with van der Waals surface area (Å²) >= 11 is 0. The third-order valence-corrected chi connectivity index (χ3v) is 4.35. The minimum absolute atomic E-state index is 0.0716. The van der Waals surface area contributed by atoms with Gasteiger partial charge in [-0.15, -0.1) is 0 Å². The highest BCUT2D eigenvalue weighted by molar-refractivity contribution is 5.89. The van der Waals surface area contributed by atoms with E-state index in [1.165, 1.54) is 0 Å². The second kappa shape index (κ2) is 4.81. The largest absolute Gasteiger partial charge is 0.478 e. The summed E-state index contributed by atoms with van der Waals surface area (Å²) in [5.41, 5.74) is 2.30. The number of carboxylic acids is 1. The van der Waals surface area contributed by atoms with Gasteiger partial charge in [0.2, 0.25) is 5.91 Å². The molecule has 2 aliphatic heterocycles. The van der Waals surface area contributed by atoms with Crippen LogP contribution in [0.4, 0.5) is 5.69 Å². The van der Waals surface area contributed by atoms with E-state index in [9.17, 15) is 9.59 Å². The normalized spacial score (nSPS) is 25.2. The summed E-state index contributed by atoms with van der Waals surface area (Å²) in [4.78, 5) is 25.1. The van der Waals surface area contributed by atoms with Crippen molar-refractivity contribution in [2.45, 2.75) is 25.8 Å². The lowest BCUT2D eigenvalue weighted by molar-refractivity contribution is -0.123. The van der Waals surface area contributed by atoms with Gasteiger partial charge in [-0.3, -0.25) is 4.79 Å². The van der Waals surface area contributed by atoms with Crippen LogP contribution in [0.2, 0.25) is 0 Å². The first-order chi connectivity index (χ1) is 9.58. The van der Waals surface area contributed by atoms with Gasteiger partial charge in [-0.25, -0.2) is 4.79 Å². The topological polar surface area (TPSA) is 69.6 Å². The number of nitrogens with one attached hydrogen (secondary N) is 1. The summed E-state index contributed by atoms with van der Waals surface area (Å²) in [7, 11) is 0. The number of nitrogens with zero attached hydrogens (tertiary/aromatic N) is 1. The molecule has 1 amide bonds. The van der Waals surface area contributed by atoms with E-state index in [0.717, 1.165) is 30.6 Å². The monoisotopic (exact) mass is 274 g/mol. The number of anilines is 1. The van der Waals surface area contributed by atoms with Crippen LogP contribution in [-0.4, -0.2) is 36.1 Å². The van der Waals surface area contributed by atoms with E-state index in [2.05, 4.69) is 10.2 Å². The van der Waals surface area contributed by atoms with Crippen molar-refractivity contribution in [1.29, 1.82) is 0 Å². The summed E-state index contributed by atoms with van der Waals surface area (Å²) in [6.45, 7) is 3.53. The molecule has 2 N–H and O–H groups in total. The highest BCUT2D eigenvalue weighted by Gasteiger charge is 2.41. The van der Waals surface area contributed by atoms with Gasteiger partial charge >= 0.3 is 5.97 Å². The van der Waals surface area contributed by atoms with Gasteiger partial charge < -0.3 is 15.3 Å². The van der Waals surface area contributed by atoms with E-state index < -0.39 is 5.97 Å². The van der Waals surface area contributed by atoms with Crippen LogP contribution in [0.1, 0.15) is 28.8 Å². The van der Waals surface area contributed by atoms with Gasteiger partial charge in [0.05, 0.1) is 17.5 Å². The Labute approximate surface area is 117 Å². The Morgan fingerprint density at radius 3 is 2.95 bits per heavy atom. The molecule has 0 radical (unpaired) electrons. The van der Waals surface area contributed by atoms with Crippen molar-refractivity contribution in [3.63, 3.8) is 0 Å². The molecule has 2 atom stereocenters. The molecule has 0 aromatic heterocycles. The van der Waals surface area contributed by atoms with Crippen molar-refractivity contribution < 1.29 is 14.7 Å². The van der Waals surface area contributed by atoms with Gasteiger partial charge in [0, 0.05) is 18.8 Å². The van der Waals surface area contributed by atoms with Gasteiger partial charge in [0.15, 0.2) is 0 Å². The summed E-state index contributed by atoms with van der Waals surface area (Å²) < 4.78 is 0. The standard InChI is InChI=1S/C15H18N2O3/c1-9-7-10(15(19)20)4-5-12(9)17-6-2-3-11-13(17)8-16-14(11)18/h4-5,7,11,13H,2-3,6,8H2,1H3,(H,16,18)(H,19,20). The zero-order chi connectivity index (χ0) is 14.3. The van der Waals surface area contributed by atoms with Crippen LogP contribution >= 0.6 is 0 Å². The Morgan fingerprint density at radius 2 is 2.25 bits per heavy atom. The fourth-order valence-electron chi connectivity index (χ4n) is 3.36. The Kier molecular flexibility index (Phi) is 3.12. The molecule has 2 unspecified atom stereocenters. The van der Waals surface area contributed by atoms with Crippen molar-refractivity contribution >= 4 is 17.6 Å². The smallest absolute Gasteiger partial charge is 0.335 e. The van der Waals surface area contributed by atoms with E-state index in [1.54, 1.807) is 12.1 Å². The molecule has 5 nitrogen and oxygen atoms in total. The average molecular weight is 274 g/mol. The second-order valence-electron chi connectivity index (χ2n) is 5.56. The Hall–Kier alpha value is -2.04. The zero-order valence-corrected chi connectivity index (χ0v) is 11.4. The van der Waals surface area contributed by atoms with Crippen molar-refractivity contribution in [3.05, 3.63) is 29.3 Å². The third kappa shape index (κ3) is 2.03. The summed E-state index contributed by atoms with van der Waals surface area (Å²) in [5.74, 6) is -0.685. The lowest BCUT2D eigenvalue weighted by Gasteiger charge is -2.38. The molecule has 1 aromatic carbocycles. The van der Waals surface area contributed by atoms with Crippen LogP contribution in [-0.2, 0) is 4.79 Å². The van der Waals surface area contributed by atoms with Crippen LogP contribution in [0.5, 0.6) is 0 Å². The fourth-order valence-corrected chi connectivity index (χ4v) is 3.36. The second-order valence-corrected chi connectivity index (χ2v) is 5.56. The molecule has 1 aromatic rings. The zero-order valence-electron chi connectivity index (χ0n) is 11.4. The van der Waals surface area contributed by atoms with E-state index in [4.69, 9.17) is 5.11 Å². The predicted molar refractivity (Wildman–Crippen MR) is 75.0 cm³/mol. The molecule has 106 valence electrons. The number of carboxylic acid groups (broad SMARTS) is 1. The molecular weight excluding hydrogens is 256 g/mol. The van der Waals surface area contributed by atoms with Gasteiger partial charge in [0.1, 0.15) is 0 Å². The summed E-state index contributed by atoms with van der Waals surface area (Å²) in [5, 5.41) is 12.0. The van der Waals surface area contributed by atoms with Crippen LogP contribution < -0.4 is 10.2 Å². The maximum Gasteiger partial charge on any atom is 0.335 e. The van der Waals surface area contributed by atoms with Crippen molar-refractivity contribution in [2.24, 2.45) is 5.92 Å². The number of aromatic carboxylic acids is 1. The number of amides is 1. The molecule has 0 spiro atoms. The third-order valence-electron chi connectivity index (χ3n) is 4.35. The minimum atomic E-state index is -0.908. The summed E-state index contributed by atoms with van der Waals surface area (Å²) in [6, 6.07) is 5.40. The molecule has 2 fully saturated rings. The number of hydrogen-bond donors (Lipinski definition) is 2. The molecule has 20 heavy (non-hydrogen) atoms. The van der Waals surface area contributed by atoms with Crippen molar-refractivity contribution in [3.8, 4) is 0 Å². The molecule has 0 aliphatic carbocycles. The summed E-state index contributed by atoms with van der Waals surface area (Å²) in [6.07, 6.45) is 1.94. The van der Waals surface area contributed by atoms with Gasteiger partial charge in [-0.05, 0) is 43.5 Å². The van der Waals surface area contributed by atoms with E-state index in [-0.39, 0.29) is 17.9 Å². The number of carbonyl (C=O) groups excluding carboxylic acids is 1. The molecular formula is C15H18N2O3. The van der Waals surface area contributed by atoms with Crippen molar-refractivity contribution in [2.75, 3.05) is 18.0 Å². The molecule has 2 saturated heterocycles. The van der Waals surface area contributed by atoms with Crippen LogP contribution in [0.25, 0.3) is 0 Å². The lowest BCUT2D eigenvalue weighted by atomic mass is 9.90. The molecule has 0 saturated carbocycles. The minimum Gasteiger partial charge on any atom is -0.478 e. The van der Waals surface area contributed by atoms with E-state index in [0.29, 0.717) is 12.1 Å². The first-order valence-corrected chi connectivity index (χ1v) is 6.96. The first-order valence-electron chi connectivity index (χ1n) is 6.96. The van der Waals surface area contributed by atoms with Crippen LogP contribution in [0, 0.1) is 12.8 Å². The van der Waals surface area contributed by atoms with Crippen LogP contribution in [0.3, 0.4) is 0 Å². The Balaban J connectivity index is 1.92. The fraction of sp³-hybridized carbons (Fsp3) is 0.467. The van der Waals surface area contributed by atoms with Gasteiger partial charge in [-0.1, -0.05) is 0 Å². The Bertz CT molecular complexity index is 570. The number of aryl methyl sites for hydroxylation is 1. The molecule has 0 bridgehead atoms. The van der Waals surface area contributed by atoms with Gasteiger partial charge in [-0.2, -0.15) is 0 Å². The molecule has 3 rings (SSSR count). The molecule has 5 heteroatoms. The number of benzene rings is 1. The maximum atomic E-state index is 11.8. The van der Waals surface area contributed by atoms with E-state index >= 15 is 0 Å². The van der Waals surface area contributed by atoms with E-state index in [1.807, 2.05) is 13.0 Å². The number of hydrogen-bond acceptors (Lipinski definition) is 3. The lowest BCUT2D eigenvalue weighted by Crippen LogP contribution is -2.46. The number of rotatable bonds is 2.